The van der Waals surface area contributed by atoms with E-state index >= 15 is 0 Å². The van der Waals surface area contributed by atoms with Gasteiger partial charge in [0.25, 0.3) is 0 Å². The third-order valence-corrected chi connectivity index (χ3v) is 5.36. The third kappa shape index (κ3) is 5.45. The first-order chi connectivity index (χ1) is 9.14. The lowest BCUT2D eigenvalue weighted by Crippen LogP contribution is -2.51. The number of unbranched alkanes of at least 4 members (excludes halogenated alkanes) is 5. The average molecular weight is 268 g/mol. The number of hydrogen-bond acceptors (Lipinski definition) is 1. The molecule has 0 saturated heterocycles. The Bertz CT molecular complexity index is 222. The molecule has 0 aromatic carbocycles. The average Bonchev–Trinajstić information content (AvgIpc) is 2.33. The van der Waals surface area contributed by atoms with Gasteiger partial charge >= 0.3 is 0 Å². The zero-order valence-electron chi connectivity index (χ0n) is 14.0. The van der Waals surface area contributed by atoms with Crippen LogP contribution in [0.2, 0.25) is 0 Å². The molecule has 114 valence electrons. The summed E-state index contributed by atoms with van der Waals surface area (Å²) in [4.78, 5) is 2.75. The molecule has 1 heteroatoms. The van der Waals surface area contributed by atoms with Crippen molar-refractivity contribution in [3.63, 3.8) is 0 Å². The fraction of sp³-hybridized carbons (Fsp3) is 1.00. The summed E-state index contributed by atoms with van der Waals surface area (Å²) in [5.41, 5.74) is 0.466. The van der Waals surface area contributed by atoms with Gasteiger partial charge in [-0.15, -0.1) is 0 Å². The molecule has 0 bridgehead atoms. The molecule has 0 amide bonds. The summed E-state index contributed by atoms with van der Waals surface area (Å²) in [6, 6.07) is 0.887. The molecule has 1 saturated carbocycles. The summed E-state index contributed by atoms with van der Waals surface area (Å²) in [6.07, 6.45) is 16.9. The van der Waals surface area contributed by atoms with Crippen molar-refractivity contribution < 1.29 is 0 Å². The predicted molar refractivity (Wildman–Crippen MR) is 86.7 cm³/mol. The topological polar surface area (TPSA) is 3.24 Å². The second-order valence-corrected chi connectivity index (χ2v) is 6.96. The van der Waals surface area contributed by atoms with Crippen LogP contribution >= 0.6 is 0 Å². The maximum atomic E-state index is 2.75. The van der Waals surface area contributed by atoms with E-state index in [0.29, 0.717) is 5.54 Å². The van der Waals surface area contributed by atoms with Gasteiger partial charge in [-0.2, -0.15) is 0 Å². The quantitative estimate of drug-likeness (QED) is 0.429. The molecule has 1 nitrogen and oxygen atoms in total. The highest BCUT2D eigenvalue weighted by Crippen LogP contribution is 2.35. The monoisotopic (exact) mass is 267 g/mol. The molecule has 1 aliphatic carbocycles. The highest BCUT2D eigenvalue weighted by Gasteiger charge is 2.35. The van der Waals surface area contributed by atoms with Gasteiger partial charge in [0.15, 0.2) is 0 Å². The second-order valence-electron chi connectivity index (χ2n) is 6.96. The van der Waals surface area contributed by atoms with Crippen molar-refractivity contribution >= 4 is 0 Å². The minimum absolute atomic E-state index is 0.466. The molecule has 1 atom stereocenters. The first kappa shape index (κ1) is 17.0. The second kappa shape index (κ2) is 9.00. The van der Waals surface area contributed by atoms with Crippen LogP contribution in [-0.4, -0.2) is 23.5 Å². The van der Waals surface area contributed by atoms with Crippen LogP contribution < -0.4 is 0 Å². The minimum atomic E-state index is 0.466. The van der Waals surface area contributed by atoms with Crippen molar-refractivity contribution in [3.8, 4) is 0 Å². The Morgan fingerprint density at radius 1 is 0.895 bits per heavy atom. The van der Waals surface area contributed by atoms with Crippen molar-refractivity contribution in [2.24, 2.45) is 0 Å². The molecule has 0 aromatic heterocycles. The van der Waals surface area contributed by atoms with Gasteiger partial charge in [-0.25, -0.2) is 0 Å². The highest BCUT2D eigenvalue weighted by atomic mass is 15.2. The molecule has 1 rings (SSSR count). The van der Waals surface area contributed by atoms with Crippen molar-refractivity contribution in [1.29, 1.82) is 0 Å². The van der Waals surface area contributed by atoms with E-state index in [-0.39, 0.29) is 0 Å². The lowest BCUT2D eigenvalue weighted by atomic mass is 9.82. The van der Waals surface area contributed by atoms with Gasteiger partial charge in [0, 0.05) is 11.6 Å². The van der Waals surface area contributed by atoms with Gasteiger partial charge in [-0.1, -0.05) is 65.2 Å². The van der Waals surface area contributed by atoms with E-state index in [4.69, 9.17) is 0 Å². The summed E-state index contributed by atoms with van der Waals surface area (Å²) in [5, 5.41) is 0. The molecule has 1 fully saturated rings. The minimum Gasteiger partial charge on any atom is -0.298 e. The smallest absolute Gasteiger partial charge is 0.0181 e. The van der Waals surface area contributed by atoms with Gasteiger partial charge in [0.1, 0.15) is 0 Å². The molecular formula is C18H37N. The standard InChI is InChI=1S/C18H37N/c1-5-7-9-11-16-18(3,15-10-8-6-2)19(4)17-13-12-14-17/h17H,5-16H2,1-4H3. The molecule has 0 heterocycles. The number of rotatable bonds is 11. The van der Waals surface area contributed by atoms with Gasteiger partial charge in [-0.3, -0.25) is 4.90 Å². The lowest BCUT2D eigenvalue weighted by Gasteiger charge is -2.47. The fourth-order valence-electron chi connectivity index (χ4n) is 3.38. The van der Waals surface area contributed by atoms with Gasteiger partial charge < -0.3 is 0 Å². The van der Waals surface area contributed by atoms with Crippen LogP contribution in [0.5, 0.6) is 0 Å². The Labute approximate surface area is 122 Å². The van der Waals surface area contributed by atoms with Gasteiger partial charge in [-0.05, 0) is 39.7 Å². The van der Waals surface area contributed by atoms with E-state index in [1.165, 1.54) is 77.0 Å². The van der Waals surface area contributed by atoms with Crippen LogP contribution in [0.1, 0.15) is 97.8 Å². The van der Waals surface area contributed by atoms with E-state index in [1.807, 2.05) is 0 Å². The highest BCUT2D eigenvalue weighted by molar-refractivity contribution is 4.91. The van der Waals surface area contributed by atoms with Crippen LogP contribution in [0.4, 0.5) is 0 Å². The van der Waals surface area contributed by atoms with Crippen LogP contribution in [-0.2, 0) is 0 Å². The Morgan fingerprint density at radius 3 is 1.89 bits per heavy atom. The normalized spacial score (nSPS) is 19.4. The van der Waals surface area contributed by atoms with E-state index in [2.05, 4.69) is 32.7 Å². The zero-order chi connectivity index (χ0) is 14.1. The molecule has 0 spiro atoms. The van der Waals surface area contributed by atoms with Crippen LogP contribution in [0.15, 0.2) is 0 Å². The summed E-state index contributed by atoms with van der Waals surface area (Å²) in [5.74, 6) is 0. The van der Waals surface area contributed by atoms with Crippen LogP contribution in [0, 0.1) is 0 Å². The van der Waals surface area contributed by atoms with Crippen LogP contribution in [0.3, 0.4) is 0 Å². The SMILES string of the molecule is CCCCCCC(C)(CCCCC)N(C)C1CCC1. The van der Waals surface area contributed by atoms with E-state index in [0.717, 1.165) is 6.04 Å². The molecule has 19 heavy (non-hydrogen) atoms. The molecule has 1 unspecified atom stereocenters. The molecule has 0 aromatic rings. The molecule has 0 N–H and O–H groups in total. The van der Waals surface area contributed by atoms with Crippen molar-refractivity contribution in [2.45, 2.75) is 109 Å². The molecular weight excluding hydrogens is 230 g/mol. The van der Waals surface area contributed by atoms with Crippen molar-refractivity contribution in [2.75, 3.05) is 7.05 Å². The molecule has 0 aliphatic heterocycles. The number of nitrogens with zero attached hydrogens (tertiary/aromatic N) is 1. The maximum Gasteiger partial charge on any atom is 0.0181 e. The van der Waals surface area contributed by atoms with Crippen LogP contribution in [0.25, 0.3) is 0 Å². The summed E-state index contributed by atoms with van der Waals surface area (Å²) < 4.78 is 0. The first-order valence-electron chi connectivity index (χ1n) is 8.87. The van der Waals surface area contributed by atoms with E-state index in [9.17, 15) is 0 Å². The summed E-state index contributed by atoms with van der Waals surface area (Å²) in [7, 11) is 2.40. The largest absolute Gasteiger partial charge is 0.298 e. The third-order valence-electron chi connectivity index (χ3n) is 5.36. The lowest BCUT2D eigenvalue weighted by molar-refractivity contribution is 0.0291. The predicted octanol–water partition coefficient (Wildman–Crippen LogP) is 5.78. The maximum absolute atomic E-state index is 2.75. The van der Waals surface area contributed by atoms with Gasteiger partial charge in [0.2, 0.25) is 0 Å². The fourth-order valence-corrected chi connectivity index (χ4v) is 3.38. The van der Waals surface area contributed by atoms with E-state index < -0.39 is 0 Å². The Kier molecular flexibility index (Phi) is 8.06. The summed E-state index contributed by atoms with van der Waals surface area (Å²) >= 11 is 0. The first-order valence-corrected chi connectivity index (χ1v) is 8.87. The molecule has 1 aliphatic rings. The Hall–Kier alpha value is -0.0400. The molecule has 0 radical (unpaired) electrons. The summed E-state index contributed by atoms with van der Waals surface area (Å²) in [6.45, 7) is 7.15. The van der Waals surface area contributed by atoms with Gasteiger partial charge in [0.05, 0.1) is 0 Å². The number of hydrogen-bond donors (Lipinski definition) is 0. The van der Waals surface area contributed by atoms with Crippen molar-refractivity contribution in [1.82, 2.24) is 4.90 Å². The van der Waals surface area contributed by atoms with Crippen molar-refractivity contribution in [3.05, 3.63) is 0 Å². The van der Waals surface area contributed by atoms with E-state index in [1.54, 1.807) is 0 Å². The Balaban J connectivity index is 2.44. The zero-order valence-corrected chi connectivity index (χ0v) is 14.0. The Morgan fingerprint density at radius 2 is 1.42 bits per heavy atom.